The predicted molar refractivity (Wildman–Crippen MR) is 176 cm³/mol. The number of aliphatic carboxylic acids is 3. The van der Waals surface area contributed by atoms with Crippen LogP contribution in [0.3, 0.4) is 0 Å². The van der Waals surface area contributed by atoms with Crippen molar-refractivity contribution in [3.8, 4) is 0 Å². The molecule has 2 aliphatic rings. The average Bonchev–Trinajstić information content (AvgIpc) is 3.42. The number of hydrogen-bond acceptors (Lipinski definition) is 15. The fourth-order valence-corrected chi connectivity index (χ4v) is 6.03. The lowest BCUT2D eigenvalue weighted by Crippen LogP contribution is -2.51. The third-order valence-corrected chi connectivity index (χ3v) is 8.83. The highest BCUT2D eigenvalue weighted by molar-refractivity contribution is 5.81. The maximum Gasteiger partial charge on any atom is 0.325 e. The summed E-state index contributed by atoms with van der Waals surface area (Å²) in [6.45, 7) is -1.84. The highest BCUT2D eigenvalue weighted by Gasteiger charge is 2.44. The molecular formula is C32H48N6O14. The van der Waals surface area contributed by atoms with E-state index >= 15 is 0 Å². The van der Waals surface area contributed by atoms with Crippen LogP contribution in [-0.2, 0) is 40.0 Å². The second-order valence-corrected chi connectivity index (χ2v) is 12.6. The molecule has 2 aliphatic heterocycles. The molecule has 0 spiro atoms. The number of carboxylic acids is 3. The molecule has 0 aliphatic carbocycles. The van der Waals surface area contributed by atoms with Crippen LogP contribution in [0.4, 0.5) is 0 Å². The third kappa shape index (κ3) is 12.7. The second-order valence-electron chi connectivity index (χ2n) is 12.6. The zero-order valence-electron chi connectivity index (χ0n) is 28.6. The van der Waals surface area contributed by atoms with Gasteiger partial charge in [-0.05, 0) is 31.4 Å². The molecule has 1 fully saturated rings. The van der Waals surface area contributed by atoms with E-state index in [0.717, 1.165) is 0 Å². The number of aliphatic hydroxyl groups is 4. The van der Waals surface area contributed by atoms with Gasteiger partial charge in [0.25, 0.3) is 0 Å². The number of aromatic nitrogens is 1. The number of ether oxygens (including phenoxy) is 1. The van der Waals surface area contributed by atoms with E-state index in [-0.39, 0.29) is 83.6 Å². The van der Waals surface area contributed by atoms with Crippen LogP contribution in [0.1, 0.15) is 56.1 Å². The first-order valence-corrected chi connectivity index (χ1v) is 16.9. The van der Waals surface area contributed by atoms with E-state index in [1.165, 1.54) is 9.80 Å². The molecule has 0 radical (unpaired) electrons. The summed E-state index contributed by atoms with van der Waals surface area (Å²) < 4.78 is 5.74. The fraction of sp³-hybridized carbons (Fsp3) is 0.656. The number of hydrogen-bond donors (Lipinski definition) is 9. The smallest absolute Gasteiger partial charge is 0.325 e. The van der Waals surface area contributed by atoms with Gasteiger partial charge in [-0.3, -0.25) is 43.6 Å². The van der Waals surface area contributed by atoms with Crippen molar-refractivity contribution in [1.82, 2.24) is 30.3 Å². The Morgan fingerprint density at radius 3 is 1.96 bits per heavy atom. The number of nitrogens with one attached hydrogen (secondary N) is 2. The van der Waals surface area contributed by atoms with Crippen molar-refractivity contribution in [2.45, 2.75) is 81.6 Å². The first-order valence-electron chi connectivity index (χ1n) is 16.9. The topological polar surface area (TPSA) is 300 Å². The molecule has 0 saturated carbocycles. The zero-order valence-corrected chi connectivity index (χ0v) is 28.6. The van der Waals surface area contributed by atoms with Crippen LogP contribution in [0.15, 0.2) is 18.2 Å². The van der Waals surface area contributed by atoms with Crippen LogP contribution in [0.5, 0.6) is 0 Å². The molecule has 290 valence electrons. The molecule has 3 heterocycles. The Bertz CT molecular complexity index is 1400. The average molecular weight is 741 g/mol. The summed E-state index contributed by atoms with van der Waals surface area (Å²) in [5.74, 6) is -5.52. The van der Waals surface area contributed by atoms with Gasteiger partial charge in [0.1, 0.15) is 18.1 Å². The largest absolute Gasteiger partial charge is 0.481 e. The molecule has 9 N–H and O–H groups in total. The molecule has 1 aromatic heterocycles. The van der Waals surface area contributed by atoms with Gasteiger partial charge < -0.3 is 51.1 Å². The lowest BCUT2D eigenvalue weighted by molar-refractivity contribution is -0.147. The minimum atomic E-state index is -1.29. The van der Waals surface area contributed by atoms with Gasteiger partial charge in [-0.25, -0.2) is 4.90 Å². The predicted octanol–water partition coefficient (Wildman–Crippen LogP) is -3.30. The molecule has 52 heavy (non-hydrogen) atoms. The number of esters is 1. The molecule has 6 unspecified atom stereocenters. The van der Waals surface area contributed by atoms with Crippen LogP contribution < -0.4 is 10.6 Å². The molecular weight excluding hydrogens is 692 g/mol. The van der Waals surface area contributed by atoms with Crippen LogP contribution in [-0.4, -0.2) is 174 Å². The van der Waals surface area contributed by atoms with Crippen LogP contribution in [0, 0.1) is 0 Å². The first kappa shape index (κ1) is 42.1. The van der Waals surface area contributed by atoms with Crippen LogP contribution in [0.2, 0.25) is 0 Å². The molecule has 2 amide bonds. The third-order valence-electron chi connectivity index (χ3n) is 8.83. The van der Waals surface area contributed by atoms with Gasteiger partial charge in [-0.15, -0.1) is 0 Å². The normalized spacial score (nSPS) is 21.0. The summed E-state index contributed by atoms with van der Waals surface area (Å²) in [5, 5.41) is 71.8. The number of carbonyl (C=O) groups is 6. The summed E-state index contributed by atoms with van der Waals surface area (Å²) in [7, 11) is 0. The van der Waals surface area contributed by atoms with Crippen molar-refractivity contribution in [3.05, 3.63) is 29.6 Å². The van der Waals surface area contributed by atoms with E-state index in [9.17, 15) is 54.3 Å². The minimum Gasteiger partial charge on any atom is -0.481 e. The maximum absolute atomic E-state index is 13.3. The number of pyridine rings is 1. The molecule has 1 saturated heterocycles. The highest BCUT2D eigenvalue weighted by atomic mass is 16.6. The van der Waals surface area contributed by atoms with Gasteiger partial charge in [0.15, 0.2) is 6.23 Å². The number of amides is 2. The Hall–Kier alpha value is -4.31. The standard InChI is InChI=1S/C32H48N6O14/c39-17-20(41)14-33-26(43)7-4-23(30(47)48)36-10-11-37(24(31(49)50)6-9-28(45)46)16-19-2-1-3-22(35-19)29-38(13-12-36)25(32(51)52-29)5-8-27(44)34-15-21(42)18-40/h1-3,20-21,23-25,29,39-42H,4-18H2,(H,33,43)(H,34,44)(H,45,46)(H,47,48)(H,49,50). The lowest BCUT2D eigenvalue weighted by atomic mass is 10.1. The van der Waals surface area contributed by atoms with Gasteiger partial charge in [-0.1, -0.05) is 6.07 Å². The van der Waals surface area contributed by atoms with E-state index in [2.05, 4.69) is 15.6 Å². The van der Waals surface area contributed by atoms with E-state index in [1.54, 1.807) is 23.1 Å². The number of carboxylic acid groups (broad SMARTS) is 3. The molecule has 0 aromatic carbocycles. The van der Waals surface area contributed by atoms with Gasteiger partial charge in [-0.2, -0.15) is 0 Å². The van der Waals surface area contributed by atoms with E-state index in [1.807, 2.05) is 0 Å². The van der Waals surface area contributed by atoms with Crippen LogP contribution >= 0.6 is 0 Å². The summed E-state index contributed by atoms with van der Waals surface area (Å²) >= 11 is 0. The summed E-state index contributed by atoms with van der Waals surface area (Å²) in [6.07, 6.45) is -4.80. The number of nitrogens with zero attached hydrogens (tertiary/aromatic N) is 4. The van der Waals surface area contributed by atoms with E-state index in [0.29, 0.717) is 5.69 Å². The molecule has 1 aromatic rings. The Kier molecular flexibility index (Phi) is 16.7. The van der Waals surface area contributed by atoms with Crippen molar-refractivity contribution in [1.29, 1.82) is 0 Å². The van der Waals surface area contributed by atoms with Crippen molar-refractivity contribution in [2.75, 3.05) is 52.5 Å². The minimum absolute atomic E-state index is 0.00211. The maximum atomic E-state index is 13.3. The lowest BCUT2D eigenvalue weighted by Gasteiger charge is -2.36. The number of carbonyl (C=O) groups excluding carboxylic acids is 3. The molecule has 3 rings (SSSR count). The second kappa shape index (κ2) is 20.7. The van der Waals surface area contributed by atoms with Crippen molar-refractivity contribution in [3.63, 3.8) is 0 Å². The Balaban J connectivity index is 1.96. The monoisotopic (exact) mass is 740 g/mol. The number of aliphatic hydroxyl groups excluding tert-OH is 4. The van der Waals surface area contributed by atoms with Crippen LogP contribution in [0.25, 0.3) is 0 Å². The molecule has 2 bridgehead atoms. The Labute approximate surface area is 299 Å². The van der Waals surface area contributed by atoms with Gasteiger partial charge in [0.2, 0.25) is 11.8 Å². The first-order chi connectivity index (χ1) is 24.7. The SMILES string of the molecule is O=C(O)CCC(C(=O)O)N1CCN(C(CCC(=O)NCC(O)CO)C(=O)O)CCN2C(CCC(=O)NCC(O)CO)C(=O)OC2c2cccc(n2)C1. The summed E-state index contributed by atoms with van der Waals surface area (Å²) in [6, 6.07) is 1.31. The Morgan fingerprint density at radius 2 is 1.37 bits per heavy atom. The fourth-order valence-electron chi connectivity index (χ4n) is 6.03. The molecule has 6 atom stereocenters. The Morgan fingerprint density at radius 1 is 0.808 bits per heavy atom. The van der Waals surface area contributed by atoms with E-state index < -0.39 is 91.9 Å². The molecule has 20 nitrogen and oxygen atoms in total. The number of rotatable bonds is 19. The van der Waals surface area contributed by atoms with Gasteiger partial charge >= 0.3 is 23.9 Å². The van der Waals surface area contributed by atoms with Gasteiger partial charge in [0, 0.05) is 65.1 Å². The molecule has 20 heteroatoms. The summed E-state index contributed by atoms with van der Waals surface area (Å²) in [5.41, 5.74) is 0.647. The summed E-state index contributed by atoms with van der Waals surface area (Å²) in [4.78, 5) is 84.0. The number of fused-ring (bicyclic) bond motifs is 4. The van der Waals surface area contributed by atoms with Gasteiger partial charge in [0.05, 0.1) is 36.8 Å². The van der Waals surface area contributed by atoms with E-state index in [4.69, 9.17) is 14.9 Å². The zero-order chi connectivity index (χ0) is 38.4. The highest BCUT2D eigenvalue weighted by Crippen LogP contribution is 2.33. The van der Waals surface area contributed by atoms with Crippen molar-refractivity contribution >= 4 is 35.7 Å². The quantitative estimate of drug-likeness (QED) is 0.0628. The van der Waals surface area contributed by atoms with Crippen molar-refractivity contribution in [2.24, 2.45) is 0 Å². The van der Waals surface area contributed by atoms with Crippen molar-refractivity contribution < 1.29 is 69.2 Å².